The smallest absolute Gasteiger partial charge is 0.258 e. The molecule has 4 rings (SSSR count). The molecular weight excluding hydrogens is 374 g/mol. The van der Waals surface area contributed by atoms with Crippen molar-refractivity contribution in [2.75, 3.05) is 0 Å². The maximum absolute atomic E-state index is 13.1. The lowest BCUT2D eigenvalue weighted by Gasteiger charge is -2.20. The first-order valence-electron chi connectivity index (χ1n) is 8.38. The Hall–Kier alpha value is -2.65. The fourth-order valence-corrected chi connectivity index (χ4v) is 4.25. The van der Waals surface area contributed by atoms with Crippen molar-refractivity contribution in [2.24, 2.45) is 0 Å². The predicted octanol–water partition coefficient (Wildman–Crippen LogP) is 3.10. The van der Waals surface area contributed by atoms with Gasteiger partial charge >= 0.3 is 0 Å². The van der Waals surface area contributed by atoms with Crippen LogP contribution in [0.4, 0.5) is 8.78 Å². The van der Waals surface area contributed by atoms with Gasteiger partial charge in [0.25, 0.3) is 15.2 Å². The zero-order valence-corrected chi connectivity index (χ0v) is 15.0. The van der Waals surface area contributed by atoms with Crippen LogP contribution in [0.2, 0.25) is 0 Å². The molecule has 0 saturated heterocycles. The minimum Gasteiger partial charge on any atom is -0.258 e. The van der Waals surface area contributed by atoms with Gasteiger partial charge < -0.3 is 0 Å². The molecule has 140 valence electrons. The van der Waals surface area contributed by atoms with Gasteiger partial charge in [-0.25, -0.2) is 17.2 Å². The highest BCUT2D eigenvalue weighted by atomic mass is 32.2. The van der Waals surface area contributed by atoms with Crippen LogP contribution in [0.25, 0.3) is 11.4 Å². The predicted molar refractivity (Wildman–Crippen MR) is 93.9 cm³/mol. The van der Waals surface area contributed by atoms with Crippen LogP contribution in [-0.2, 0) is 16.6 Å². The first kappa shape index (κ1) is 17.7. The van der Waals surface area contributed by atoms with E-state index in [9.17, 15) is 17.2 Å². The third-order valence-corrected chi connectivity index (χ3v) is 6.02. The Morgan fingerprint density at radius 2 is 1.59 bits per heavy atom. The maximum Gasteiger partial charge on any atom is 0.282 e. The highest BCUT2D eigenvalue weighted by molar-refractivity contribution is 7.89. The minimum atomic E-state index is -3.93. The van der Waals surface area contributed by atoms with Crippen molar-refractivity contribution in [3.63, 3.8) is 0 Å². The number of hydrogen-bond acceptors (Lipinski definition) is 4. The molecule has 1 saturated carbocycles. The number of benzene rings is 2. The zero-order chi connectivity index (χ0) is 19.0. The Bertz CT molecular complexity index is 1050. The number of nitrogens with zero attached hydrogens (tertiary/aromatic N) is 3. The van der Waals surface area contributed by atoms with Gasteiger partial charge in [0, 0.05) is 18.2 Å². The van der Waals surface area contributed by atoms with E-state index in [4.69, 9.17) is 0 Å². The standard InChI is InChI=1S/C18H16F2N4O2S/c19-14-5-1-12(2-6-14)11-24(16-9-10-16)27(25,26)18-21-17(22-23-18)13-3-7-15(20)8-4-13/h1-8,16H,9-11H2,(H,21,22,23). The number of rotatable bonds is 6. The summed E-state index contributed by atoms with van der Waals surface area (Å²) in [6.45, 7) is 0.119. The van der Waals surface area contributed by atoms with Crippen molar-refractivity contribution >= 4 is 10.0 Å². The van der Waals surface area contributed by atoms with Crippen molar-refractivity contribution in [3.8, 4) is 11.4 Å². The lowest BCUT2D eigenvalue weighted by atomic mass is 10.2. The quantitative estimate of drug-likeness (QED) is 0.702. The SMILES string of the molecule is O=S(=O)(c1n[nH]c(-c2ccc(F)cc2)n1)N(Cc1ccc(F)cc1)C1CC1. The largest absolute Gasteiger partial charge is 0.282 e. The third-order valence-electron chi connectivity index (χ3n) is 4.33. The topological polar surface area (TPSA) is 79.0 Å². The summed E-state index contributed by atoms with van der Waals surface area (Å²) in [6.07, 6.45) is 1.52. The van der Waals surface area contributed by atoms with Crippen LogP contribution >= 0.6 is 0 Å². The molecule has 1 aliphatic carbocycles. The minimum absolute atomic E-state index is 0.118. The second kappa shape index (κ2) is 6.82. The van der Waals surface area contributed by atoms with Crippen molar-refractivity contribution in [2.45, 2.75) is 30.6 Å². The molecular formula is C18H16F2N4O2S. The average molecular weight is 390 g/mol. The average Bonchev–Trinajstić information content (AvgIpc) is 3.36. The van der Waals surface area contributed by atoms with Gasteiger partial charge in [-0.05, 0) is 54.8 Å². The van der Waals surface area contributed by atoms with Crippen molar-refractivity contribution in [1.82, 2.24) is 19.5 Å². The highest BCUT2D eigenvalue weighted by Gasteiger charge is 2.40. The van der Waals surface area contributed by atoms with Crippen LogP contribution in [0.15, 0.2) is 53.7 Å². The van der Waals surface area contributed by atoms with Gasteiger partial charge in [0.2, 0.25) is 0 Å². The maximum atomic E-state index is 13.1. The second-order valence-corrected chi connectivity index (χ2v) is 8.17. The molecule has 1 aliphatic rings. The molecule has 0 spiro atoms. The summed E-state index contributed by atoms with van der Waals surface area (Å²) in [7, 11) is -3.93. The molecule has 6 nitrogen and oxygen atoms in total. The van der Waals surface area contributed by atoms with E-state index in [0.717, 1.165) is 12.8 Å². The van der Waals surface area contributed by atoms with Gasteiger partial charge in [-0.1, -0.05) is 12.1 Å². The fraction of sp³-hybridized carbons (Fsp3) is 0.222. The highest BCUT2D eigenvalue weighted by Crippen LogP contribution is 2.33. The molecule has 3 aromatic rings. The molecule has 2 aromatic carbocycles. The van der Waals surface area contributed by atoms with E-state index in [1.165, 1.54) is 40.7 Å². The number of H-pyrrole nitrogens is 1. The summed E-state index contributed by atoms with van der Waals surface area (Å²) in [6, 6.07) is 11.1. The fourth-order valence-electron chi connectivity index (χ4n) is 2.75. The van der Waals surface area contributed by atoms with E-state index in [1.807, 2.05) is 0 Å². The molecule has 1 heterocycles. The number of aromatic nitrogens is 3. The number of sulfonamides is 1. The first-order valence-corrected chi connectivity index (χ1v) is 9.82. The lowest BCUT2D eigenvalue weighted by Crippen LogP contribution is -2.33. The number of nitrogens with one attached hydrogen (secondary N) is 1. The molecule has 9 heteroatoms. The van der Waals surface area contributed by atoms with E-state index < -0.39 is 15.8 Å². The van der Waals surface area contributed by atoms with Gasteiger partial charge in [0.05, 0.1) is 0 Å². The molecule has 0 bridgehead atoms. The lowest BCUT2D eigenvalue weighted by molar-refractivity contribution is 0.394. The Labute approximate surface area is 154 Å². The van der Waals surface area contributed by atoms with Crippen LogP contribution < -0.4 is 0 Å². The van der Waals surface area contributed by atoms with Crippen LogP contribution in [0.3, 0.4) is 0 Å². The molecule has 0 aliphatic heterocycles. The van der Waals surface area contributed by atoms with E-state index in [0.29, 0.717) is 11.1 Å². The summed E-state index contributed by atoms with van der Waals surface area (Å²) >= 11 is 0. The van der Waals surface area contributed by atoms with E-state index in [-0.39, 0.29) is 29.4 Å². The Morgan fingerprint density at radius 1 is 1.00 bits per heavy atom. The Kier molecular flexibility index (Phi) is 4.48. The van der Waals surface area contributed by atoms with Gasteiger partial charge in [0.15, 0.2) is 5.82 Å². The summed E-state index contributed by atoms with van der Waals surface area (Å²) < 4.78 is 53.6. The molecule has 0 radical (unpaired) electrons. The third kappa shape index (κ3) is 3.74. The Balaban J connectivity index is 1.62. The first-order chi connectivity index (χ1) is 12.9. The molecule has 0 unspecified atom stereocenters. The molecule has 0 amide bonds. The normalized spacial score (nSPS) is 14.6. The Morgan fingerprint density at radius 3 is 2.19 bits per heavy atom. The van der Waals surface area contributed by atoms with E-state index in [2.05, 4.69) is 15.2 Å². The molecule has 1 aromatic heterocycles. The van der Waals surface area contributed by atoms with E-state index in [1.54, 1.807) is 12.1 Å². The van der Waals surface area contributed by atoms with Crippen molar-refractivity contribution in [1.29, 1.82) is 0 Å². The van der Waals surface area contributed by atoms with Gasteiger partial charge in [0.1, 0.15) is 11.6 Å². The van der Waals surface area contributed by atoms with Crippen molar-refractivity contribution < 1.29 is 17.2 Å². The summed E-state index contributed by atoms with van der Waals surface area (Å²) in [4.78, 5) is 4.09. The van der Waals surface area contributed by atoms with E-state index >= 15 is 0 Å². The zero-order valence-electron chi connectivity index (χ0n) is 14.1. The van der Waals surface area contributed by atoms with Crippen LogP contribution in [0, 0.1) is 11.6 Å². The van der Waals surface area contributed by atoms with Gasteiger partial charge in [-0.15, -0.1) is 5.10 Å². The number of aromatic amines is 1. The van der Waals surface area contributed by atoms with Crippen molar-refractivity contribution in [3.05, 3.63) is 65.7 Å². The van der Waals surface area contributed by atoms with Crippen LogP contribution in [-0.4, -0.2) is 33.9 Å². The second-order valence-electron chi connectivity index (χ2n) is 6.38. The number of hydrogen-bond donors (Lipinski definition) is 1. The summed E-state index contributed by atoms with van der Waals surface area (Å²) in [5.74, 6) is -0.533. The van der Waals surface area contributed by atoms with Crippen LogP contribution in [0.1, 0.15) is 18.4 Å². The summed E-state index contributed by atoms with van der Waals surface area (Å²) in [5, 5.41) is 6.11. The molecule has 1 N–H and O–H groups in total. The van der Waals surface area contributed by atoms with Crippen LogP contribution in [0.5, 0.6) is 0 Å². The summed E-state index contributed by atoms with van der Waals surface area (Å²) in [5.41, 5.74) is 1.21. The molecule has 27 heavy (non-hydrogen) atoms. The van der Waals surface area contributed by atoms with Gasteiger partial charge in [-0.2, -0.15) is 9.29 Å². The monoisotopic (exact) mass is 390 g/mol. The number of halogens is 2. The van der Waals surface area contributed by atoms with Gasteiger partial charge in [-0.3, -0.25) is 5.10 Å². The molecule has 1 fully saturated rings. The molecule has 0 atom stereocenters.